The molecule has 9 heteroatoms. The van der Waals surface area contributed by atoms with Crippen molar-refractivity contribution in [2.24, 2.45) is 0 Å². The quantitative estimate of drug-likeness (QED) is 0.513. The van der Waals surface area contributed by atoms with Gasteiger partial charge in [-0.2, -0.15) is 15.5 Å². The fourth-order valence-corrected chi connectivity index (χ4v) is 5.35. The number of nitrogens with zero attached hydrogens (tertiary/aromatic N) is 8. The van der Waals surface area contributed by atoms with Gasteiger partial charge in [0.15, 0.2) is 0 Å². The maximum Gasteiger partial charge on any atom is 0.246 e. The third-order valence-electron chi connectivity index (χ3n) is 7.25. The zero-order chi connectivity index (χ0) is 24.4. The molecule has 0 radical (unpaired) electrons. The second-order valence-corrected chi connectivity index (χ2v) is 9.35. The predicted molar refractivity (Wildman–Crippen MR) is 135 cm³/mol. The summed E-state index contributed by atoms with van der Waals surface area (Å²) in [6.07, 6.45) is 12.2. The maximum atomic E-state index is 11.9. The third-order valence-corrected chi connectivity index (χ3v) is 7.25. The number of aromatic nitrogens is 4. The van der Waals surface area contributed by atoms with Gasteiger partial charge in [-0.3, -0.25) is 14.4 Å². The van der Waals surface area contributed by atoms with E-state index in [0.29, 0.717) is 11.6 Å². The SMILES string of the molecule is C=CC(=O)N1CCN(C2CCN(c3cc(-c4cnn(CCC)c4)cn4ncc(C#N)c34)CC2)CC1. The summed E-state index contributed by atoms with van der Waals surface area (Å²) in [7, 11) is 0. The van der Waals surface area contributed by atoms with Gasteiger partial charge in [-0.25, -0.2) is 4.52 Å². The van der Waals surface area contributed by atoms with Gasteiger partial charge in [0, 0.05) is 75.4 Å². The molecule has 2 aliphatic rings. The van der Waals surface area contributed by atoms with Crippen molar-refractivity contribution in [2.75, 3.05) is 44.2 Å². The van der Waals surface area contributed by atoms with Crippen molar-refractivity contribution < 1.29 is 4.79 Å². The van der Waals surface area contributed by atoms with Crippen LogP contribution in [-0.2, 0) is 11.3 Å². The van der Waals surface area contributed by atoms with Crippen molar-refractivity contribution in [3.05, 3.63) is 49.1 Å². The molecule has 1 amide bonds. The molecule has 0 atom stereocenters. The Bertz CT molecular complexity index is 1250. The highest BCUT2D eigenvalue weighted by molar-refractivity contribution is 5.87. The highest BCUT2D eigenvalue weighted by Gasteiger charge is 2.29. The molecule has 0 aromatic carbocycles. The topological polar surface area (TPSA) is 85.7 Å². The highest BCUT2D eigenvalue weighted by Crippen LogP contribution is 2.33. The number of carbonyl (C=O) groups is 1. The van der Waals surface area contributed by atoms with Crippen LogP contribution in [0.4, 0.5) is 5.69 Å². The Morgan fingerprint density at radius 1 is 1.11 bits per heavy atom. The lowest BCUT2D eigenvalue weighted by molar-refractivity contribution is -0.128. The number of anilines is 1. The highest BCUT2D eigenvalue weighted by atomic mass is 16.2. The Morgan fingerprint density at radius 3 is 2.57 bits per heavy atom. The molecule has 0 unspecified atom stereocenters. The van der Waals surface area contributed by atoms with E-state index in [1.165, 1.54) is 6.08 Å². The minimum absolute atomic E-state index is 0.0257. The van der Waals surface area contributed by atoms with Crippen molar-refractivity contribution >= 4 is 17.1 Å². The number of pyridine rings is 1. The fraction of sp³-hybridized carbons (Fsp3) is 0.462. The van der Waals surface area contributed by atoms with Crippen LogP contribution in [0.1, 0.15) is 31.7 Å². The zero-order valence-electron chi connectivity index (χ0n) is 20.3. The molecule has 35 heavy (non-hydrogen) atoms. The van der Waals surface area contributed by atoms with Gasteiger partial charge in [0.05, 0.1) is 23.6 Å². The van der Waals surface area contributed by atoms with Crippen LogP contribution in [-0.4, -0.2) is 80.4 Å². The summed E-state index contributed by atoms with van der Waals surface area (Å²) < 4.78 is 3.80. The number of hydrogen-bond acceptors (Lipinski definition) is 6. The average Bonchev–Trinajstić information content (AvgIpc) is 3.55. The summed E-state index contributed by atoms with van der Waals surface area (Å²) in [5, 5.41) is 18.7. The van der Waals surface area contributed by atoms with Crippen LogP contribution in [0.3, 0.4) is 0 Å². The largest absolute Gasteiger partial charge is 0.370 e. The normalized spacial score (nSPS) is 17.6. The second-order valence-electron chi connectivity index (χ2n) is 9.35. The lowest BCUT2D eigenvalue weighted by atomic mass is 10.0. The number of rotatable bonds is 6. The van der Waals surface area contributed by atoms with E-state index in [2.05, 4.69) is 51.8 Å². The van der Waals surface area contributed by atoms with Crippen LogP contribution >= 0.6 is 0 Å². The van der Waals surface area contributed by atoms with E-state index in [0.717, 1.165) is 87.4 Å². The minimum atomic E-state index is 0.0257. The Balaban J connectivity index is 1.35. The van der Waals surface area contributed by atoms with Crippen LogP contribution in [0.25, 0.3) is 16.6 Å². The molecule has 182 valence electrons. The molecular formula is C26H32N8O. The van der Waals surface area contributed by atoms with Gasteiger partial charge in [-0.05, 0) is 31.4 Å². The van der Waals surface area contributed by atoms with E-state index < -0.39 is 0 Å². The van der Waals surface area contributed by atoms with Crippen molar-refractivity contribution in [2.45, 2.75) is 38.8 Å². The van der Waals surface area contributed by atoms with Gasteiger partial charge in [-0.15, -0.1) is 0 Å². The Labute approximate surface area is 205 Å². The van der Waals surface area contributed by atoms with Gasteiger partial charge >= 0.3 is 0 Å². The molecule has 0 saturated carbocycles. The summed E-state index contributed by atoms with van der Waals surface area (Å²) in [6, 6.07) is 5.01. The summed E-state index contributed by atoms with van der Waals surface area (Å²) in [5.74, 6) is 0.0257. The van der Waals surface area contributed by atoms with Crippen LogP contribution < -0.4 is 4.90 Å². The summed E-state index contributed by atoms with van der Waals surface area (Å²) in [5.41, 5.74) is 4.62. The average molecular weight is 473 g/mol. The molecule has 9 nitrogen and oxygen atoms in total. The molecule has 2 fully saturated rings. The second kappa shape index (κ2) is 9.92. The molecule has 0 aliphatic carbocycles. The first-order valence-corrected chi connectivity index (χ1v) is 12.5. The van der Waals surface area contributed by atoms with Crippen molar-refractivity contribution in [3.8, 4) is 17.2 Å². The fourth-order valence-electron chi connectivity index (χ4n) is 5.35. The number of piperidine rings is 1. The van der Waals surface area contributed by atoms with Crippen molar-refractivity contribution in [3.63, 3.8) is 0 Å². The van der Waals surface area contributed by atoms with Crippen molar-refractivity contribution in [1.29, 1.82) is 5.26 Å². The Kier molecular flexibility index (Phi) is 6.55. The maximum absolute atomic E-state index is 11.9. The van der Waals surface area contributed by atoms with E-state index in [9.17, 15) is 10.1 Å². The number of fused-ring (bicyclic) bond motifs is 1. The molecule has 5 heterocycles. The van der Waals surface area contributed by atoms with Crippen LogP contribution in [0.5, 0.6) is 0 Å². The van der Waals surface area contributed by atoms with Gasteiger partial charge in [0.2, 0.25) is 5.91 Å². The lowest BCUT2D eigenvalue weighted by Gasteiger charge is -2.43. The van der Waals surface area contributed by atoms with Crippen LogP contribution in [0.2, 0.25) is 0 Å². The molecule has 3 aromatic heterocycles. The van der Waals surface area contributed by atoms with Crippen LogP contribution in [0.15, 0.2) is 43.5 Å². The van der Waals surface area contributed by atoms with E-state index in [1.54, 1.807) is 6.20 Å². The van der Waals surface area contributed by atoms with Crippen molar-refractivity contribution in [1.82, 2.24) is 29.2 Å². The monoisotopic (exact) mass is 472 g/mol. The molecule has 3 aromatic rings. The van der Waals surface area contributed by atoms with E-state index in [4.69, 9.17) is 0 Å². The smallest absolute Gasteiger partial charge is 0.246 e. The van der Waals surface area contributed by atoms with Gasteiger partial charge in [0.1, 0.15) is 11.6 Å². The molecule has 2 aliphatic heterocycles. The van der Waals surface area contributed by atoms with Gasteiger partial charge in [-0.1, -0.05) is 13.5 Å². The summed E-state index contributed by atoms with van der Waals surface area (Å²) in [4.78, 5) is 18.7. The van der Waals surface area contributed by atoms with E-state index >= 15 is 0 Å². The Hall–Kier alpha value is -3.64. The molecule has 0 spiro atoms. The number of aryl methyl sites for hydroxylation is 1. The summed E-state index contributed by atoms with van der Waals surface area (Å²) in [6.45, 7) is 11.8. The van der Waals surface area contributed by atoms with Gasteiger partial charge in [0.25, 0.3) is 0 Å². The number of nitriles is 1. The number of piperazine rings is 1. The first kappa shape index (κ1) is 23.1. The number of carbonyl (C=O) groups excluding carboxylic acids is 1. The number of amides is 1. The lowest BCUT2D eigenvalue weighted by Crippen LogP contribution is -2.54. The third kappa shape index (κ3) is 4.54. The number of hydrogen-bond donors (Lipinski definition) is 0. The minimum Gasteiger partial charge on any atom is -0.370 e. The predicted octanol–water partition coefficient (Wildman–Crippen LogP) is 2.78. The van der Waals surface area contributed by atoms with Gasteiger partial charge < -0.3 is 9.80 Å². The Morgan fingerprint density at radius 2 is 1.89 bits per heavy atom. The van der Waals surface area contributed by atoms with Crippen LogP contribution in [0, 0.1) is 11.3 Å². The standard InChI is InChI=1S/C26H32N8O/c1-3-7-33-18-22(17-28-33)20-14-24(26-21(15-27)16-29-34(26)19-20)31-8-5-23(6-9-31)30-10-12-32(13-11-30)25(35)4-2/h4,14,16-19,23H,2-3,5-13H2,1H3. The molecule has 5 rings (SSSR count). The molecule has 2 saturated heterocycles. The first-order valence-electron chi connectivity index (χ1n) is 12.5. The molecular weight excluding hydrogens is 440 g/mol. The van der Waals surface area contributed by atoms with E-state index in [1.807, 2.05) is 26.5 Å². The molecule has 0 bridgehead atoms. The van der Waals surface area contributed by atoms with E-state index in [-0.39, 0.29) is 5.91 Å². The summed E-state index contributed by atoms with van der Waals surface area (Å²) >= 11 is 0. The first-order chi connectivity index (χ1) is 17.1. The zero-order valence-corrected chi connectivity index (χ0v) is 20.3. The molecule has 0 N–H and O–H groups in total.